The van der Waals surface area contributed by atoms with Crippen LogP contribution in [0.3, 0.4) is 0 Å². The molecule has 0 bridgehead atoms. The van der Waals surface area contributed by atoms with Crippen LogP contribution in [0, 0.1) is 6.92 Å². The fourth-order valence-electron chi connectivity index (χ4n) is 4.15. The van der Waals surface area contributed by atoms with Gasteiger partial charge in [-0.3, -0.25) is 4.79 Å². The number of nitrogens with zero attached hydrogens (tertiary/aromatic N) is 4. The fraction of sp³-hybridized carbons (Fsp3) is 0.480. The van der Waals surface area contributed by atoms with Gasteiger partial charge in [-0.05, 0) is 51.5 Å². The quantitative estimate of drug-likeness (QED) is 0.568. The average molecular weight is 522 g/mol. The highest BCUT2D eigenvalue weighted by Gasteiger charge is 2.34. The second-order valence-electron chi connectivity index (χ2n) is 8.71. The van der Waals surface area contributed by atoms with Gasteiger partial charge in [0.15, 0.2) is 0 Å². The Balaban J connectivity index is 1.74. The number of aryl methyl sites for hydroxylation is 2. The summed E-state index contributed by atoms with van der Waals surface area (Å²) < 4.78 is 43.5. The Morgan fingerprint density at radius 1 is 1.11 bits per heavy atom. The number of esters is 1. The summed E-state index contributed by atoms with van der Waals surface area (Å²) in [5.74, 6) is -0.750. The number of benzene rings is 1. The molecule has 1 unspecified atom stereocenters. The zero-order valence-corrected chi connectivity index (χ0v) is 21.2. The van der Waals surface area contributed by atoms with E-state index in [2.05, 4.69) is 15.3 Å². The molecule has 9 nitrogen and oxygen atoms in total. The molecule has 1 aliphatic rings. The lowest BCUT2D eigenvalue weighted by Crippen LogP contribution is -2.56. The van der Waals surface area contributed by atoms with Gasteiger partial charge in [-0.25, -0.2) is 19.6 Å². The third-order valence-electron chi connectivity index (χ3n) is 5.90. The van der Waals surface area contributed by atoms with Crippen molar-refractivity contribution in [2.45, 2.75) is 52.8 Å². The van der Waals surface area contributed by atoms with Crippen LogP contribution >= 0.6 is 0 Å². The maximum atomic E-state index is 13.5. The highest BCUT2D eigenvalue weighted by Crippen LogP contribution is 2.30. The molecule has 1 aromatic heterocycles. The second kappa shape index (κ2) is 11.6. The molecule has 2 aromatic rings. The second-order valence-corrected chi connectivity index (χ2v) is 8.71. The first-order valence-electron chi connectivity index (χ1n) is 12.0. The van der Waals surface area contributed by atoms with Gasteiger partial charge in [-0.15, -0.1) is 0 Å². The zero-order valence-electron chi connectivity index (χ0n) is 21.2. The Kier molecular flexibility index (Phi) is 8.72. The van der Waals surface area contributed by atoms with Gasteiger partial charge in [0.25, 0.3) is 5.91 Å². The highest BCUT2D eigenvalue weighted by molar-refractivity contribution is 6.04. The first-order chi connectivity index (χ1) is 17.5. The highest BCUT2D eigenvalue weighted by atomic mass is 19.4. The Morgan fingerprint density at radius 2 is 1.78 bits per heavy atom. The van der Waals surface area contributed by atoms with Crippen molar-refractivity contribution in [3.8, 4) is 0 Å². The van der Waals surface area contributed by atoms with Crippen molar-refractivity contribution < 1.29 is 32.3 Å². The molecule has 200 valence electrons. The zero-order chi connectivity index (χ0) is 27.3. The molecule has 1 atom stereocenters. The number of halogens is 3. The van der Waals surface area contributed by atoms with Gasteiger partial charge in [0.1, 0.15) is 17.1 Å². The van der Waals surface area contributed by atoms with Crippen molar-refractivity contribution in [3.05, 3.63) is 52.6 Å². The first kappa shape index (κ1) is 27.9. The minimum absolute atomic E-state index is 0.0238. The van der Waals surface area contributed by atoms with Gasteiger partial charge in [0.2, 0.25) is 0 Å². The minimum Gasteiger partial charge on any atom is -0.462 e. The van der Waals surface area contributed by atoms with E-state index in [9.17, 15) is 27.6 Å². The van der Waals surface area contributed by atoms with Crippen molar-refractivity contribution in [3.63, 3.8) is 0 Å². The third kappa shape index (κ3) is 6.55. The molecular weight excluding hydrogens is 491 g/mol. The Labute approximate surface area is 213 Å². The molecule has 0 spiro atoms. The standard InChI is InChI=1S/C25H30F3N5O4/c1-5-7-19-20(23(35)37-6-2)21(30-16(4)29-19)22(34)32-12-13-33(15(3)14-32)24(36)31-18-10-8-17(9-11-18)25(26,27)28/h8-11,15H,5-7,12-14H2,1-4H3,(H,31,36). The molecule has 1 fully saturated rings. The van der Waals surface area contributed by atoms with Crippen LogP contribution in [0.4, 0.5) is 23.7 Å². The van der Waals surface area contributed by atoms with Crippen LogP contribution in [0.25, 0.3) is 0 Å². The number of carbonyl (C=O) groups excluding carboxylic acids is 3. The smallest absolute Gasteiger partial charge is 0.416 e. The largest absolute Gasteiger partial charge is 0.462 e. The molecule has 3 rings (SSSR count). The predicted molar refractivity (Wildman–Crippen MR) is 129 cm³/mol. The number of nitrogens with one attached hydrogen (secondary N) is 1. The van der Waals surface area contributed by atoms with E-state index in [1.165, 1.54) is 21.9 Å². The average Bonchev–Trinajstić information content (AvgIpc) is 2.83. The number of aromatic nitrogens is 2. The molecule has 0 saturated carbocycles. The van der Waals surface area contributed by atoms with E-state index < -0.39 is 35.7 Å². The molecule has 2 heterocycles. The Hall–Kier alpha value is -3.70. The summed E-state index contributed by atoms with van der Waals surface area (Å²) in [5, 5.41) is 2.60. The molecule has 1 aromatic carbocycles. The molecule has 1 aliphatic heterocycles. The normalized spacial score (nSPS) is 15.9. The Morgan fingerprint density at radius 3 is 2.35 bits per heavy atom. The van der Waals surface area contributed by atoms with E-state index >= 15 is 0 Å². The van der Waals surface area contributed by atoms with Crippen LogP contribution in [0.1, 0.15) is 65.1 Å². The Bertz CT molecular complexity index is 1150. The summed E-state index contributed by atoms with van der Waals surface area (Å²) in [7, 11) is 0. The van der Waals surface area contributed by atoms with Gasteiger partial charge >= 0.3 is 18.2 Å². The van der Waals surface area contributed by atoms with Crippen molar-refractivity contribution >= 4 is 23.6 Å². The summed E-state index contributed by atoms with van der Waals surface area (Å²) >= 11 is 0. The molecule has 37 heavy (non-hydrogen) atoms. The number of ether oxygens (including phenoxy) is 1. The lowest BCUT2D eigenvalue weighted by molar-refractivity contribution is -0.137. The van der Waals surface area contributed by atoms with Crippen LogP contribution in [0.15, 0.2) is 24.3 Å². The number of carbonyl (C=O) groups is 3. The van der Waals surface area contributed by atoms with E-state index in [-0.39, 0.29) is 43.2 Å². The van der Waals surface area contributed by atoms with Crippen molar-refractivity contribution in [2.24, 2.45) is 0 Å². The number of urea groups is 1. The van der Waals surface area contributed by atoms with Gasteiger partial charge in [0, 0.05) is 31.4 Å². The van der Waals surface area contributed by atoms with Crippen molar-refractivity contribution in [2.75, 3.05) is 31.6 Å². The number of alkyl halides is 3. The number of hydrogen-bond acceptors (Lipinski definition) is 6. The number of amides is 3. The van der Waals surface area contributed by atoms with E-state index in [1.54, 1.807) is 20.8 Å². The summed E-state index contributed by atoms with van der Waals surface area (Å²) in [6.07, 6.45) is -3.28. The number of hydrogen-bond donors (Lipinski definition) is 1. The number of anilines is 1. The summed E-state index contributed by atoms with van der Waals surface area (Å²) in [6.45, 7) is 7.68. The van der Waals surface area contributed by atoms with Gasteiger partial charge in [0.05, 0.1) is 17.9 Å². The van der Waals surface area contributed by atoms with Gasteiger partial charge in [-0.2, -0.15) is 13.2 Å². The molecular formula is C25H30F3N5O4. The SMILES string of the molecule is CCCc1nc(C)nc(C(=O)N2CCN(C(=O)Nc3ccc(C(F)(F)F)cc3)C(C)C2)c1C(=O)OCC. The van der Waals surface area contributed by atoms with E-state index in [1.807, 2.05) is 6.92 Å². The van der Waals surface area contributed by atoms with E-state index in [0.717, 1.165) is 12.1 Å². The molecule has 1 saturated heterocycles. The van der Waals surface area contributed by atoms with E-state index in [4.69, 9.17) is 4.74 Å². The third-order valence-corrected chi connectivity index (χ3v) is 5.90. The van der Waals surface area contributed by atoms with Crippen LogP contribution in [-0.4, -0.2) is 70.0 Å². The lowest BCUT2D eigenvalue weighted by atomic mass is 10.1. The molecule has 1 N–H and O–H groups in total. The van der Waals surface area contributed by atoms with Gasteiger partial charge < -0.3 is 19.9 Å². The monoisotopic (exact) mass is 521 g/mol. The molecule has 12 heteroatoms. The van der Waals surface area contributed by atoms with E-state index in [0.29, 0.717) is 24.4 Å². The predicted octanol–water partition coefficient (Wildman–Crippen LogP) is 4.31. The lowest BCUT2D eigenvalue weighted by Gasteiger charge is -2.39. The van der Waals surface area contributed by atoms with Crippen LogP contribution < -0.4 is 5.32 Å². The number of rotatable bonds is 6. The van der Waals surface area contributed by atoms with Crippen LogP contribution in [0.2, 0.25) is 0 Å². The topological polar surface area (TPSA) is 105 Å². The number of piperazine rings is 1. The molecule has 0 radical (unpaired) electrons. The first-order valence-corrected chi connectivity index (χ1v) is 12.0. The maximum Gasteiger partial charge on any atom is 0.416 e. The summed E-state index contributed by atoms with van der Waals surface area (Å²) in [6, 6.07) is 3.27. The molecule has 0 aliphatic carbocycles. The van der Waals surface area contributed by atoms with Crippen molar-refractivity contribution in [1.29, 1.82) is 0 Å². The minimum atomic E-state index is -4.47. The fourth-order valence-corrected chi connectivity index (χ4v) is 4.15. The summed E-state index contributed by atoms with van der Waals surface area (Å²) in [4.78, 5) is 50.6. The van der Waals surface area contributed by atoms with Crippen molar-refractivity contribution in [1.82, 2.24) is 19.8 Å². The molecule has 3 amide bonds. The van der Waals surface area contributed by atoms with Crippen LogP contribution in [-0.2, 0) is 17.3 Å². The maximum absolute atomic E-state index is 13.5. The van der Waals surface area contributed by atoms with Gasteiger partial charge in [-0.1, -0.05) is 13.3 Å². The van der Waals surface area contributed by atoms with Crippen LogP contribution in [0.5, 0.6) is 0 Å². The summed E-state index contributed by atoms with van der Waals surface area (Å²) in [5.41, 5.74) is -0.0870.